The molecule has 1 aromatic rings. The Morgan fingerprint density at radius 1 is 1.55 bits per heavy atom. The van der Waals surface area contributed by atoms with Crippen LogP contribution in [0.1, 0.15) is 52.5 Å². The van der Waals surface area contributed by atoms with E-state index in [2.05, 4.69) is 15.7 Å². The van der Waals surface area contributed by atoms with Gasteiger partial charge in [-0.3, -0.25) is 5.32 Å². The summed E-state index contributed by atoms with van der Waals surface area (Å²) < 4.78 is 7.63. The Morgan fingerprint density at radius 3 is 2.91 bits per heavy atom. The molecule has 22 heavy (non-hydrogen) atoms. The second-order valence-electron chi connectivity index (χ2n) is 6.67. The Bertz CT molecular complexity index is 536. The number of amides is 2. The zero-order chi connectivity index (χ0) is 15.7. The van der Waals surface area contributed by atoms with Gasteiger partial charge in [0.25, 0.3) is 0 Å². The van der Waals surface area contributed by atoms with Gasteiger partial charge in [-0.25, -0.2) is 9.48 Å². The second-order valence-corrected chi connectivity index (χ2v) is 6.67. The van der Waals surface area contributed by atoms with Crippen molar-refractivity contribution in [2.45, 2.75) is 64.6 Å². The van der Waals surface area contributed by atoms with E-state index in [1.165, 1.54) is 6.42 Å². The molecule has 2 N–H and O–H groups in total. The summed E-state index contributed by atoms with van der Waals surface area (Å²) in [6.07, 6.45) is 6.50. The summed E-state index contributed by atoms with van der Waals surface area (Å²) >= 11 is 0. The van der Waals surface area contributed by atoms with Crippen LogP contribution in [0.5, 0.6) is 0 Å². The molecule has 6 heteroatoms. The van der Waals surface area contributed by atoms with E-state index in [0.717, 1.165) is 31.7 Å². The first kappa shape index (κ1) is 15.3. The lowest BCUT2D eigenvalue weighted by atomic mass is 9.51. The Hall–Kier alpha value is -1.56. The summed E-state index contributed by atoms with van der Waals surface area (Å²) in [5.74, 6) is 0.732. The molecular formula is C16H26N4O2. The van der Waals surface area contributed by atoms with Crippen molar-refractivity contribution in [2.24, 2.45) is 5.41 Å². The molecule has 2 fully saturated rings. The molecule has 1 heterocycles. The van der Waals surface area contributed by atoms with E-state index in [9.17, 15) is 4.79 Å². The van der Waals surface area contributed by atoms with Crippen molar-refractivity contribution in [3.63, 3.8) is 0 Å². The van der Waals surface area contributed by atoms with Crippen LogP contribution >= 0.6 is 0 Å². The van der Waals surface area contributed by atoms with Crippen molar-refractivity contribution in [1.82, 2.24) is 15.1 Å². The number of nitrogens with zero attached hydrogens (tertiary/aromatic N) is 2. The molecule has 1 spiro atoms. The van der Waals surface area contributed by atoms with Crippen molar-refractivity contribution in [1.29, 1.82) is 0 Å². The normalized spacial score (nSPS) is 25.6. The molecule has 2 atom stereocenters. The number of carbonyl (C=O) groups excluding carboxylic acids is 1. The Morgan fingerprint density at radius 2 is 2.32 bits per heavy atom. The second kappa shape index (κ2) is 5.91. The van der Waals surface area contributed by atoms with Crippen molar-refractivity contribution < 1.29 is 9.53 Å². The van der Waals surface area contributed by atoms with Crippen molar-refractivity contribution in [3.05, 3.63) is 12.3 Å². The predicted octanol–water partition coefficient (Wildman–Crippen LogP) is 2.93. The molecule has 2 aliphatic carbocycles. The predicted molar refractivity (Wildman–Crippen MR) is 84.9 cm³/mol. The first-order valence-corrected chi connectivity index (χ1v) is 8.29. The van der Waals surface area contributed by atoms with Crippen LogP contribution in [0.2, 0.25) is 0 Å². The van der Waals surface area contributed by atoms with Gasteiger partial charge in [0, 0.05) is 30.2 Å². The third-order valence-corrected chi connectivity index (χ3v) is 5.14. The van der Waals surface area contributed by atoms with Gasteiger partial charge in [0.1, 0.15) is 5.82 Å². The SMILES string of the molecule is CCOC1CC(NC(=O)Nc2ccnn2C(C)C)C12CCC2. The van der Waals surface area contributed by atoms with E-state index in [1.54, 1.807) is 6.20 Å². The van der Waals surface area contributed by atoms with Crippen molar-refractivity contribution in [2.75, 3.05) is 11.9 Å². The molecular weight excluding hydrogens is 280 g/mol. The van der Waals surface area contributed by atoms with E-state index >= 15 is 0 Å². The van der Waals surface area contributed by atoms with Crippen molar-refractivity contribution in [3.8, 4) is 0 Å². The highest BCUT2D eigenvalue weighted by Gasteiger charge is 2.59. The molecule has 1 aromatic heterocycles. The number of nitrogens with one attached hydrogen (secondary N) is 2. The minimum Gasteiger partial charge on any atom is -0.378 e. The quantitative estimate of drug-likeness (QED) is 0.879. The zero-order valence-electron chi connectivity index (χ0n) is 13.6. The first-order valence-electron chi connectivity index (χ1n) is 8.29. The van der Waals surface area contributed by atoms with E-state index in [4.69, 9.17) is 4.74 Å². The molecule has 2 saturated carbocycles. The molecule has 0 aromatic carbocycles. The maximum Gasteiger partial charge on any atom is 0.320 e. The summed E-state index contributed by atoms with van der Waals surface area (Å²) in [5.41, 5.74) is 0.186. The van der Waals surface area contributed by atoms with Gasteiger partial charge in [-0.15, -0.1) is 0 Å². The maximum absolute atomic E-state index is 12.3. The average molecular weight is 306 g/mol. The number of rotatable bonds is 5. The van der Waals surface area contributed by atoms with E-state index in [-0.39, 0.29) is 23.5 Å². The number of hydrogen-bond acceptors (Lipinski definition) is 3. The molecule has 2 aliphatic rings. The number of hydrogen-bond donors (Lipinski definition) is 2. The molecule has 2 unspecified atom stereocenters. The largest absolute Gasteiger partial charge is 0.378 e. The van der Waals surface area contributed by atoms with Gasteiger partial charge in [-0.1, -0.05) is 6.42 Å². The monoisotopic (exact) mass is 306 g/mol. The van der Waals surface area contributed by atoms with Crippen LogP contribution in [0.4, 0.5) is 10.6 Å². The number of carbonyl (C=O) groups is 1. The minimum absolute atomic E-state index is 0.145. The van der Waals surface area contributed by atoms with Crippen LogP contribution in [-0.4, -0.2) is 34.6 Å². The lowest BCUT2D eigenvalue weighted by molar-refractivity contribution is -0.169. The fraction of sp³-hybridized carbons (Fsp3) is 0.750. The molecule has 122 valence electrons. The topological polar surface area (TPSA) is 68.2 Å². The van der Waals surface area contributed by atoms with Gasteiger partial charge in [0.2, 0.25) is 0 Å². The van der Waals surface area contributed by atoms with Crippen LogP contribution in [0.25, 0.3) is 0 Å². The molecule has 0 radical (unpaired) electrons. The Balaban J connectivity index is 1.57. The van der Waals surface area contributed by atoms with Crippen LogP contribution in [-0.2, 0) is 4.74 Å². The highest BCUT2D eigenvalue weighted by atomic mass is 16.5. The number of urea groups is 1. The lowest BCUT2D eigenvalue weighted by Crippen LogP contribution is -2.68. The number of ether oxygens (including phenoxy) is 1. The third kappa shape index (κ3) is 2.49. The van der Waals surface area contributed by atoms with E-state index in [1.807, 2.05) is 31.5 Å². The third-order valence-electron chi connectivity index (χ3n) is 5.14. The van der Waals surface area contributed by atoms with Gasteiger partial charge in [-0.05, 0) is 40.0 Å². The summed E-state index contributed by atoms with van der Waals surface area (Å²) in [5, 5.41) is 10.3. The summed E-state index contributed by atoms with van der Waals surface area (Å²) in [4.78, 5) is 12.3. The molecule has 0 bridgehead atoms. The molecule has 6 nitrogen and oxygen atoms in total. The highest BCUT2D eigenvalue weighted by molar-refractivity contribution is 5.88. The molecule has 0 aliphatic heterocycles. The lowest BCUT2D eigenvalue weighted by Gasteiger charge is -2.60. The molecule has 0 saturated heterocycles. The summed E-state index contributed by atoms with van der Waals surface area (Å²) in [7, 11) is 0. The molecule has 3 rings (SSSR count). The Labute approximate surface area is 131 Å². The first-order chi connectivity index (χ1) is 10.6. The highest BCUT2D eigenvalue weighted by Crippen LogP contribution is 2.57. The summed E-state index contributed by atoms with van der Waals surface area (Å²) in [6, 6.07) is 2.12. The number of anilines is 1. The van der Waals surface area contributed by atoms with Gasteiger partial charge in [-0.2, -0.15) is 5.10 Å². The number of aromatic nitrogens is 2. The van der Waals surface area contributed by atoms with Crippen LogP contribution in [0.3, 0.4) is 0 Å². The van der Waals surface area contributed by atoms with Gasteiger partial charge in [0.05, 0.1) is 12.3 Å². The minimum atomic E-state index is -0.145. The van der Waals surface area contributed by atoms with Crippen LogP contribution in [0.15, 0.2) is 12.3 Å². The van der Waals surface area contributed by atoms with Crippen LogP contribution < -0.4 is 10.6 Å². The van der Waals surface area contributed by atoms with Gasteiger partial charge in [0.15, 0.2) is 0 Å². The fourth-order valence-corrected chi connectivity index (χ4v) is 3.78. The van der Waals surface area contributed by atoms with E-state index in [0.29, 0.717) is 6.10 Å². The standard InChI is InChI=1S/C16H26N4O2/c1-4-22-13-10-12(16(13)7-5-8-16)18-15(21)19-14-6-9-17-20(14)11(2)3/h6,9,11-13H,4-5,7-8,10H2,1-3H3,(H2,18,19,21). The fourth-order valence-electron chi connectivity index (χ4n) is 3.78. The Kier molecular flexibility index (Phi) is 4.12. The zero-order valence-corrected chi connectivity index (χ0v) is 13.6. The van der Waals surface area contributed by atoms with E-state index < -0.39 is 0 Å². The van der Waals surface area contributed by atoms with Gasteiger partial charge < -0.3 is 10.1 Å². The average Bonchev–Trinajstić information content (AvgIpc) is 2.83. The van der Waals surface area contributed by atoms with Gasteiger partial charge >= 0.3 is 6.03 Å². The summed E-state index contributed by atoms with van der Waals surface area (Å²) in [6.45, 7) is 6.86. The smallest absolute Gasteiger partial charge is 0.320 e. The maximum atomic E-state index is 12.3. The molecule has 2 amide bonds. The van der Waals surface area contributed by atoms with Crippen molar-refractivity contribution >= 4 is 11.8 Å². The van der Waals surface area contributed by atoms with Crippen LogP contribution in [0, 0.1) is 5.41 Å².